The van der Waals surface area contributed by atoms with Gasteiger partial charge in [0.1, 0.15) is 11.4 Å². The Morgan fingerprint density at radius 2 is 2.11 bits per heavy atom. The van der Waals surface area contributed by atoms with Gasteiger partial charge in [0.2, 0.25) is 0 Å². The largest absolute Gasteiger partial charge is 0.481 e. The van der Waals surface area contributed by atoms with Gasteiger partial charge in [-0.25, -0.2) is 0 Å². The fourth-order valence-corrected chi connectivity index (χ4v) is 3.24. The Balaban J connectivity index is 2.27. The van der Waals surface area contributed by atoms with Gasteiger partial charge >= 0.3 is 0 Å². The molecule has 0 aliphatic carbocycles. The lowest BCUT2D eigenvalue weighted by Crippen LogP contribution is -2.41. The molecule has 1 aromatic rings. The maximum Gasteiger partial charge on any atom is 0.137 e. The molecule has 1 nitrogen and oxygen atoms in total. The number of thioether (sulfide) groups is 1. The molecule has 0 fully saturated rings. The van der Waals surface area contributed by atoms with Gasteiger partial charge in [-0.3, -0.25) is 0 Å². The first-order chi connectivity index (χ1) is 8.90. The lowest BCUT2D eigenvalue weighted by Gasteiger charge is -2.38. The molecule has 1 aliphatic heterocycles. The molecule has 0 unspecified atom stereocenters. The topological polar surface area (TPSA) is 9.23 Å². The number of hydrogen-bond acceptors (Lipinski definition) is 2. The smallest absolute Gasteiger partial charge is 0.137 e. The van der Waals surface area contributed by atoms with E-state index in [1.54, 1.807) is 0 Å². The molecule has 1 heterocycles. The van der Waals surface area contributed by atoms with Crippen LogP contribution in [0.3, 0.4) is 0 Å². The van der Waals surface area contributed by atoms with E-state index in [9.17, 15) is 0 Å². The van der Waals surface area contributed by atoms with Gasteiger partial charge in [0.05, 0.1) is 10.1 Å². The van der Waals surface area contributed by atoms with Gasteiger partial charge in [-0.15, -0.1) is 11.8 Å². The second-order valence-corrected chi connectivity index (χ2v) is 6.98. The lowest BCUT2D eigenvalue weighted by atomic mass is 10.0. The number of ether oxygens (including phenoxy) is 1. The summed E-state index contributed by atoms with van der Waals surface area (Å²) in [6.07, 6.45) is 6.39. The van der Waals surface area contributed by atoms with Crippen molar-refractivity contribution < 1.29 is 4.74 Å². The van der Waals surface area contributed by atoms with Crippen LogP contribution in [0, 0.1) is 6.92 Å². The molecule has 19 heavy (non-hydrogen) atoms. The summed E-state index contributed by atoms with van der Waals surface area (Å²) in [6.45, 7) is 10.7. The van der Waals surface area contributed by atoms with Crippen LogP contribution in [-0.4, -0.2) is 10.9 Å². The second kappa shape index (κ2) is 5.46. The van der Waals surface area contributed by atoms with Crippen LogP contribution in [0.1, 0.15) is 33.3 Å². The lowest BCUT2D eigenvalue weighted by molar-refractivity contribution is 0.132. The standard InChI is InChI=1S/C17H22OS/c1-12(2)7-6-10-17(5)14(4)19-16-11-13(3)8-9-15(16)18-17/h6-11,14H,1-5H3/b10-6+/t14-,17+/m1/s1. The summed E-state index contributed by atoms with van der Waals surface area (Å²) in [6, 6.07) is 6.39. The number of hydrogen-bond donors (Lipinski definition) is 0. The normalized spacial score (nSPS) is 25.8. The summed E-state index contributed by atoms with van der Waals surface area (Å²) in [5, 5.41) is 0.392. The zero-order chi connectivity index (χ0) is 14.0. The molecule has 1 aliphatic rings. The van der Waals surface area contributed by atoms with E-state index in [0.29, 0.717) is 5.25 Å². The van der Waals surface area contributed by atoms with E-state index in [-0.39, 0.29) is 5.60 Å². The van der Waals surface area contributed by atoms with Gasteiger partial charge in [-0.05, 0) is 58.4 Å². The predicted molar refractivity (Wildman–Crippen MR) is 84.1 cm³/mol. The monoisotopic (exact) mass is 274 g/mol. The minimum atomic E-state index is -0.251. The van der Waals surface area contributed by atoms with Crippen molar-refractivity contribution in [3.05, 3.63) is 47.6 Å². The van der Waals surface area contributed by atoms with Gasteiger partial charge in [-0.1, -0.05) is 23.8 Å². The molecule has 0 aromatic heterocycles. The average molecular weight is 274 g/mol. The van der Waals surface area contributed by atoms with Gasteiger partial charge in [-0.2, -0.15) is 0 Å². The molecule has 0 saturated carbocycles. The minimum Gasteiger partial charge on any atom is -0.481 e. The highest BCUT2D eigenvalue weighted by Crippen LogP contribution is 2.44. The highest BCUT2D eigenvalue weighted by molar-refractivity contribution is 8.00. The van der Waals surface area contributed by atoms with Crippen molar-refractivity contribution >= 4 is 11.8 Å². The minimum absolute atomic E-state index is 0.251. The summed E-state index contributed by atoms with van der Waals surface area (Å²) in [7, 11) is 0. The summed E-state index contributed by atoms with van der Waals surface area (Å²) < 4.78 is 6.23. The molecule has 2 heteroatoms. The third-order valence-corrected chi connectivity index (χ3v) is 4.79. The Kier molecular flexibility index (Phi) is 4.10. The van der Waals surface area contributed by atoms with Gasteiger partial charge < -0.3 is 4.74 Å². The Hall–Kier alpha value is -1.15. The molecule has 0 saturated heterocycles. The average Bonchev–Trinajstić information content (AvgIpc) is 2.31. The molecule has 2 atom stereocenters. The van der Waals surface area contributed by atoms with E-state index < -0.39 is 0 Å². The van der Waals surface area contributed by atoms with E-state index >= 15 is 0 Å². The van der Waals surface area contributed by atoms with Gasteiger partial charge in [0, 0.05) is 0 Å². The summed E-state index contributed by atoms with van der Waals surface area (Å²) in [5.74, 6) is 0.998. The van der Waals surface area contributed by atoms with Crippen molar-refractivity contribution in [2.45, 2.75) is 50.4 Å². The van der Waals surface area contributed by atoms with Crippen molar-refractivity contribution in [3.8, 4) is 5.75 Å². The Labute approximate surface area is 120 Å². The van der Waals surface area contributed by atoms with Crippen LogP contribution in [0.2, 0.25) is 0 Å². The number of allylic oxidation sites excluding steroid dienone is 3. The van der Waals surface area contributed by atoms with Crippen molar-refractivity contribution in [3.63, 3.8) is 0 Å². The van der Waals surface area contributed by atoms with Crippen LogP contribution in [0.25, 0.3) is 0 Å². The van der Waals surface area contributed by atoms with E-state index in [4.69, 9.17) is 4.74 Å². The van der Waals surface area contributed by atoms with Crippen LogP contribution in [0.5, 0.6) is 5.75 Å². The first kappa shape index (κ1) is 14.3. The SMILES string of the molecule is CC(C)=C/C=C/[C@]1(C)Oc2ccc(C)cc2S[C@@H]1C. The Bertz CT molecular complexity index is 526. The van der Waals surface area contributed by atoms with E-state index in [0.717, 1.165) is 5.75 Å². The van der Waals surface area contributed by atoms with Crippen LogP contribution in [-0.2, 0) is 0 Å². The molecular weight excluding hydrogens is 252 g/mol. The van der Waals surface area contributed by atoms with E-state index in [2.05, 4.69) is 71.0 Å². The molecule has 0 N–H and O–H groups in total. The van der Waals surface area contributed by atoms with Crippen molar-refractivity contribution in [2.75, 3.05) is 0 Å². The molecule has 1 aromatic carbocycles. The van der Waals surface area contributed by atoms with Crippen LogP contribution in [0.4, 0.5) is 0 Å². The summed E-state index contributed by atoms with van der Waals surface area (Å²) in [4.78, 5) is 1.25. The quantitative estimate of drug-likeness (QED) is 0.690. The fraction of sp³-hybridized carbons (Fsp3) is 0.412. The van der Waals surface area contributed by atoms with Crippen LogP contribution in [0.15, 0.2) is 46.9 Å². The fourth-order valence-electron chi connectivity index (χ4n) is 2.02. The molecule has 2 rings (SSSR count). The first-order valence-corrected chi connectivity index (χ1v) is 7.58. The molecule has 0 radical (unpaired) electrons. The third kappa shape index (κ3) is 3.24. The zero-order valence-corrected chi connectivity index (χ0v) is 13.2. The second-order valence-electron chi connectivity index (χ2n) is 5.60. The summed E-state index contributed by atoms with van der Waals surface area (Å²) >= 11 is 1.89. The summed E-state index contributed by atoms with van der Waals surface area (Å²) in [5.41, 5.74) is 2.33. The van der Waals surface area contributed by atoms with Gasteiger partial charge in [0.25, 0.3) is 0 Å². The molecule has 102 valence electrons. The van der Waals surface area contributed by atoms with Crippen molar-refractivity contribution in [2.24, 2.45) is 0 Å². The first-order valence-electron chi connectivity index (χ1n) is 6.70. The van der Waals surface area contributed by atoms with Crippen molar-refractivity contribution in [1.29, 1.82) is 0 Å². The third-order valence-electron chi connectivity index (χ3n) is 3.40. The number of aryl methyl sites for hydroxylation is 1. The predicted octanol–water partition coefficient (Wildman–Crippen LogP) is 5.15. The van der Waals surface area contributed by atoms with Crippen molar-refractivity contribution in [1.82, 2.24) is 0 Å². The Morgan fingerprint density at radius 1 is 1.37 bits per heavy atom. The van der Waals surface area contributed by atoms with Gasteiger partial charge in [0.15, 0.2) is 0 Å². The molecule has 0 spiro atoms. The van der Waals surface area contributed by atoms with E-state index in [1.807, 2.05) is 11.8 Å². The Morgan fingerprint density at radius 3 is 2.79 bits per heavy atom. The number of fused-ring (bicyclic) bond motifs is 1. The highest BCUT2D eigenvalue weighted by Gasteiger charge is 2.36. The molecule has 0 amide bonds. The number of rotatable bonds is 2. The van der Waals surface area contributed by atoms with Crippen LogP contribution < -0.4 is 4.74 Å². The maximum absolute atomic E-state index is 6.23. The number of benzene rings is 1. The highest BCUT2D eigenvalue weighted by atomic mass is 32.2. The molecular formula is C17H22OS. The van der Waals surface area contributed by atoms with Crippen LogP contribution >= 0.6 is 11.8 Å². The van der Waals surface area contributed by atoms with E-state index in [1.165, 1.54) is 16.0 Å². The maximum atomic E-state index is 6.23. The zero-order valence-electron chi connectivity index (χ0n) is 12.4. The molecule has 0 bridgehead atoms.